The molecule has 0 unspecified atom stereocenters. The van der Waals surface area contributed by atoms with E-state index in [0.29, 0.717) is 0 Å². The summed E-state index contributed by atoms with van der Waals surface area (Å²) >= 11 is 0. The summed E-state index contributed by atoms with van der Waals surface area (Å²) in [6, 6.07) is 0. The van der Waals surface area contributed by atoms with Gasteiger partial charge in [0.15, 0.2) is 0 Å². The van der Waals surface area contributed by atoms with Crippen molar-refractivity contribution >= 4 is 11.8 Å². The van der Waals surface area contributed by atoms with Crippen LogP contribution in [0, 0.1) is 0 Å². The van der Waals surface area contributed by atoms with Crippen molar-refractivity contribution in [3.63, 3.8) is 0 Å². The van der Waals surface area contributed by atoms with Crippen LogP contribution in [0.1, 0.15) is 19.8 Å². The van der Waals surface area contributed by atoms with Gasteiger partial charge < -0.3 is 4.74 Å². The van der Waals surface area contributed by atoms with Crippen LogP contribution in [0.25, 0.3) is 0 Å². The first kappa shape index (κ1) is 10.1. The predicted octanol–water partition coefficient (Wildman–Crippen LogP) is 0.868. The number of carbonyl (C=O) groups excluding carboxylic acids is 2. The van der Waals surface area contributed by atoms with Crippen LogP contribution in [-0.2, 0) is 14.3 Å². The molecule has 0 rings (SSSR count). The van der Waals surface area contributed by atoms with Crippen molar-refractivity contribution in [2.24, 2.45) is 0 Å². The van der Waals surface area contributed by atoms with Crippen LogP contribution in [0.5, 0.6) is 0 Å². The van der Waals surface area contributed by atoms with Crippen LogP contribution in [-0.4, -0.2) is 25.0 Å². The second-order valence-corrected chi connectivity index (χ2v) is 1.94. The van der Waals surface area contributed by atoms with Gasteiger partial charge in [0.05, 0.1) is 13.3 Å². The average molecular weight is 162 g/mol. The third-order valence-electron chi connectivity index (χ3n) is 1.04. The summed E-state index contributed by atoms with van der Waals surface area (Å²) in [6.07, 6.45) is 0.0347. The van der Waals surface area contributed by atoms with Crippen molar-refractivity contribution in [2.45, 2.75) is 19.8 Å². The minimum Gasteiger partial charge on any atom is -0.460 e. The summed E-state index contributed by atoms with van der Waals surface area (Å²) in [5.74, 6) is -1.51. The lowest BCUT2D eigenvalue weighted by molar-refractivity contribution is -0.153. The Morgan fingerprint density at radius 2 is 2.09 bits per heavy atom. The number of esters is 1. The monoisotopic (exact) mass is 162 g/mol. The fraction of sp³-hybridized carbons (Fsp3) is 0.714. The van der Waals surface area contributed by atoms with E-state index >= 15 is 0 Å². The maximum absolute atomic E-state index is 11.5. The van der Waals surface area contributed by atoms with Gasteiger partial charge in [-0.1, -0.05) is 0 Å². The van der Waals surface area contributed by atoms with Crippen LogP contribution in [0.4, 0.5) is 4.39 Å². The third-order valence-corrected chi connectivity index (χ3v) is 1.04. The highest BCUT2D eigenvalue weighted by Gasteiger charge is 2.13. The van der Waals surface area contributed by atoms with E-state index < -0.39 is 18.4 Å². The highest BCUT2D eigenvalue weighted by atomic mass is 19.1. The molecule has 0 amide bonds. The maximum Gasteiger partial charge on any atom is 0.374 e. The Balaban J connectivity index is 3.56. The Morgan fingerprint density at radius 1 is 1.45 bits per heavy atom. The van der Waals surface area contributed by atoms with Gasteiger partial charge in [0.1, 0.15) is 0 Å². The number of Topliss-reactive ketones (excluding diaryl/α,β-unsaturated/α-hetero) is 1. The summed E-state index contributed by atoms with van der Waals surface area (Å²) in [5, 5.41) is 0. The summed E-state index contributed by atoms with van der Waals surface area (Å²) in [6.45, 7) is 1.21. The fourth-order valence-electron chi connectivity index (χ4n) is 0.541. The van der Waals surface area contributed by atoms with Gasteiger partial charge in [0.25, 0.3) is 0 Å². The van der Waals surface area contributed by atoms with E-state index in [2.05, 4.69) is 4.74 Å². The van der Waals surface area contributed by atoms with Crippen LogP contribution in [0.2, 0.25) is 0 Å². The Morgan fingerprint density at radius 3 is 2.55 bits per heavy atom. The zero-order valence-electron chi connectivity index (χ0n) is 6.43. The fourth-order valence-corrected chi connectivity index (χ4v) is 0.541. The normalized spacial score (nSPS) is 9.27. The van der Waals surface area contributed by atoms with Crippen LogP contribution in [0.15, 0.2) is 0 Å². The second-order valence-electron chi connectivity index (χ2n) is 1.94. The smallest absolute Gasteiger partial charge is 0.374 e. The lowest BCUT2D eigenvalue weighted by Gasteiger charge is -1.97. The number of halogens is 1. The second kappa shape index (κ2) is 5.82. The minimum absolute atomic E-state index is 0.0602. The molecule has 0 radical (unpaired) electrons. The molecule has 0 saturated carbocycles. The number of alkyl halides is 1. The largest absolute Gasteiger partial charge is 0.460 e. The predicted molar refractivity (Wildman–Crippen MR) is 36.8 cm³/mol. The van der Waals surface area contributed by atoms with E-state index in [1.54, 1.807) is 6.92 Å². The van der Waals surface area contributed by atoms with E-state index in [-0.39, 0.29) is 19.4 Å². The standard InChI is InChI=1S/C7H11FO3/c1-2-11-7(10)6(9)4-3-5-8/h2-5H2,1H3. The van der Waals surface area contributed by atoms with Crippen molar-refractivity contribution < 1.29 is 18.7 Å². The molecule has 0 aliphatic rings. The van der Waals surface area contributed by atoms with Gasteiger partial charge in [-0.15, -0.1) is 0 Å². The Kier molecular flexibility index (Phi) is 5.33. The minimum atomic E-state index is -0.860. The summed E-state index contributed by atoms with van der Waals surface area (Å²) in [5.41, 5.74) is 0. The molecule has 4 heteroatoms. The van der Waals surface area contributed by atoms with Gasteiger partial charge in [-0.3, -0.25) is 9.18 Å². The van der Waals surface area contributed by atoms with Crippen molar-refractivity contribution in [1.29, 1.82) is 0 Å². The van der Waals surface area contributed by atoms with Crippen molar-refractivity contribution in [2.75, 3.05) is 13.3 Å². The molecule has 0 bridgehead atoms. The summed E-state index contributed by atoms with van der Waals surface area (Å²) < 4.78 is 15.9. The Bertz CT molecular complexity index is 145. The number of rotatable bonds is 5. The van der Waals surface area contributed by atoms with E-state index in [4.69, 9.17) is 0 Å². The first-order chi connectivity index (χ1) is 5.22. The number of hydrogen-bond donors (Lipinski definition) is 0. The zero-order valence-corrected chi connectivity index (χ0v) is 6.43. The number of carbonyl (C=O) groups is 2. The third kappa shape index (κ3) is 4.47. The topological polar surface area (TPSA) is 43.4 Å². The zero-order chi connectivity index (χ0) is 8.69. The lowest BCUT2D eigenvalue weighted by Crippen LogP contribution is -2.17. The Labute approximate surface area is 64.5 Å². The van der Waals surface area contributed by atoms with Crippen molar-refractivity contribution in [3.05, 3.63) is 0 Å². The number of ketones is 1. The molecular weight excluding hydrogens is 151 g/mol. The molecule has 0 aliphatic carbocycles. The molecular formula is C7H11FO3. The number of ether oxygens (including phenoxy) is 1. The molecule has 0 atom stereocenters. The van der Waals surface area contributed by atoms with E-state index in [1.165, 1.54) is 0 Å². The first-order valence-corrected chi connectivity index (χ1v) is 3.48. The number of hydrogen-bond acceptors (Lipinski definition) is 3. The highest BCUT2D eigenvalue weighted by molar-refractivity contribution is 6.33. The van der Waals surface area contributed by atoms with Gasteiger partial charge in [-0.05, 0) is 13.3 Å². The van der Waals surface area contributed by atoms with Gasteiger partial charge in [-0.25, -0.2) is 4.79 Å². The summed E-state index contributed by atoms with van der Waals surface area (Å²) in [7, 11) is 0. The molecule has 0 heterocycles. The van der Waals surface area contributed by atoms with Crippen molar-refractivity contribution in [3.8, 4) is 0 Å². The van der Waals surface area contributed by atoms with Crippen LogP contribution < -0.4 is 0 Å². The molecule has 0 aromatic heterocycles. The van der Waals surface area contributed by atoms with Gasteiger partial charge in [0.2, 0.25) is 5.78 Å². The van der Waals surface area contributed by atoms with E-state index in [0.717, 1.165) is 0 Å². The molecule has 0 fully saturated rings. The van der Waals surface area contributed by atoms with Gasteiger partial charge in [-0.2, -0.15) is 0 Å². The molecule has 0 spiro atoms. The molecule has 0 aromatic carbocycles. The molecule has 64 valence electrons. The molecule has 3 nitrogen and oxygen atoms in total. The van der Waals surface area contributed by atoms with Crippen LogP contribution in [0.3, 0.4) is 0 Å². The quantitative estimate of drug-likeness (QED) is 0.445. The van der Waals surface area contributed by atoms with Gasteiger partial charge in [0, 0.05) is 6.42 Å². The molecule has 11 heavy (non-hydrogen) atoms. The molecule has 0 aliphatic heterocycles. The first-order valence-electron chi connectivity index (χ1n) is 3.48. The molecule has 0 N–H and O–H groups in total. The van der Waals surface area contributed by atoms with E-state index in [9.17, 15) is 14.0 Å². The lowest BCUT2D eigenvalue weighted by atomic mass is 10.2. The summed E-state index contributed by atoms with van der Waals surface area (Å²) in [4.78, 5) is 21.2. The van der Waals surface area contributed by atoms with Gasteiger partial charge >= 0.3 is 5.97 Å². The highest BCUT2D eigenvalue weighted by Crippen LogP contribution is 1.93. The maximum atomic E-state index is 11.5. The SMILES string of the molecule is CCOC(=O)C(=O)CCCF. The van der Waals surface area contributed by atoms with E-state index in [1.807, 2.05) is 0 Å². The molecule has 0 saturated heterocycles. The molecule has 0 aromatic rings. The van der Waals surface area contributed by atoms with Crippen LogP contribution >= 0.6 is 0 Å². The van der Waals surface area contributed by atoms with Crippen molar-refractivity contribution in [1.82, 2.24) is 0 Å². The average Bonchev–Trinajstić information content (AvgIpc) is 2.00. The Hall–Kier alpha value is -0.930.